The number of pyridine rings is 1. The van der Waals surface area contributed by atoms with E-state index in [0.717, 1.165) is 11.1 Å². The lowest BCUT2D eigenvalue weighted by molar-refractivity contribution is -0.115. The van der Waals surface area contributed by atoms with Gasteiger partial charge in [0.05, 0.1) is 19.1 Å². The molecule has 0 fully saturated rings. The molecule has 0 saturated carbocycles. The molecule has 1 aromatic carbocycles. The number of hydrogen-bond acceptors (Lipinski definition) is 4. The van der Waals surface area contributed by atoms with Gasteiger partial charge in [-0.05, 0) is 42.3 Å². The summed E-state index contributed by atoms with van der Waals surface area (Å²) in [5, 5.41) is 2.81. The predicted molar refractivity (Wildman–Crippen MR) is 79.1 cm³/mol. The number of aryl methyl sites for hydroxylation is 1. The second kappa shape index (κ2) is 6.65. The monoisotopic (exact) mass is 284 g/mol. The molecule has 0 spiro atoms. The Balaban J connectivity index is 2.11. The third-order valence-corrected chi connectivity index (χ3v) is 3.05. The molecule has 0 atom stereocenters. The summed E-state index contributed by atoms with van der Waals surface area (Å²) in [6.07, 6.45) is 3.54. The number of ether oxygens (including phenoxy) is 1. The third kappa shape index (κ3) is 3.89. The second-order valence-electron chi connectivity index (χ2n) is 4.60. The quantitative estimate of drug-likeness (QED) is 0.875. The molecule has 0 aliphatic rings. The van der Waals surface area contributed by atoms with E-state index in [-0.39, 0.29) is 12.3 Å². The largest absolute Gasteiger partial charge is 0.465 e. The Labute approximate surface area is 123 Å². The zero-order chi connectivity index (χ0) is 15.2. The maximum absolute atomic E-state index is 12.0. The van der Waals surface area contributed by atoms with Crippen LogP contribution in [-0.4, -0.2) is 24.0 Å². The van der Waals surface area contributed by atoms with E-state index < -0.39 is 5.97 Å². The summed E-state index contributed by atoms with van der Waals surface area (Å²) in [6, 6.07) is 8.63. The van der Waals surface area contributed by atoms with Gasteiger partial charge >= 0.3 is 5.97 Å². The van der Waals surface area contributed by atoms with E-state index in [1.165, 1.54) is 7.11 Å². The smallest absolute Gasteiger partial charge is 0.337 e. The first-order valence-electron chi connectivity index (χ1n) is 6.48. The van der Waals surface area contributed by atoms with Crippen LogP contribution in [0, 0.1) is 6.92 Å². The molecule has 1 N–H and O–H groups in total. The molecule has 1 amide bonds. The Morgan fingerprint density at radius 1 is 1.19 bits per heavy atom. The van der Waals surface area contributed by atoms with Crippen molar-refractivity contribution in [2.75, 3.05) is 12.4 Å². The van der Waals surface area contributed by atoms with E-state index in [4.69, 9.17) is 0 Å². The molecule has 21 heavy (non-hydrogen) atoms. The van der Waals surface area contributed by atoms with Crippen molar-refractivity contribution in [3.05, 3.63) is 59.4 Å². The average Bonchev–Trinajstić information content (AvgIpc) is 2.49. The third-order valence-electron chi connectivity index (χ3n) is 3.05. The minimum absolute atomic E-state index is 0.147. The van der Waals surface area contributed by atoms with Crippen molar-refractivity contribution in [1.82, 2.24) is 4.98 Å². The minimum atomic E-state index is -0.431. The first-order valence-corrected chi connectivity index (χ1v) is 6.48. The van der Waals surface area contributed by atoms with Gasteiger partial charge < -0.3 is 10.1 Å². The number of aromatic nitrogens is 1. The summed E-state index contributed by atoms with van der Waals surface area (Å²) in [6.45, 7) is 1.86. The van der Waals surface area contributed by atoms with E-state index in [1.807, 2.05) is 6.92 Å². The van der Waals surface area contributed by atoms with Crippen molar-refractivity contribution in [2.45, 2.75) is 13.3 Å². The molecule has 0 saturated heterocycles. The Bertz CT molecular complexity index is 654. The van der Waals surface area contributed by atoms with Gasteiger partial charge in [0, 0.05) is 18.1 Å². The SMILES string of the molecule is COC(=O)c1ccc(C)c(NC(=O)Cc2ccncc2)c1. The molecule has 0 aliphatic heterocycles. The average molecular weight is 284 g/mol. The maximum Gasteiger partial charge on any atom is 0.337 e. The number of benzene rings is 1. The number of carbonyl (C=O) groups excluding carboxylic acids is 2. The van der Waals surface area contributed by atoms with Crippen LogP contribution in [0.15, 0.2) is 42.7 Å². The van der Waals surface area contributed by atoms with Gasteiger partial charge in [0.25, 0.3) is 0 Å². The summed E-state index contributed by atoms with van der Waals surface area (Å²) >= 11 is 0. The molecule has 0 unspecified atom stereocenters. The molecule has 2 aromatic rings. The van der Waals surface area contributed by atoms with Gasteiger partial charge in [-0.1, -0.05) is 6.07 Å². The number of carbonyl (C=O) groups is 2. The van der Waals surface area contributed by atoms with E-state index >= 15 is 0 Å². The molecule has 5 nitrogen and oxygen atoms in total. The van der Waals surface area contributed by atoms with Crippen LogP contribution in [0.1, 0.15) is 21.5 Å². The summed E-state index contributed by atoms with van der Waals surface area (Å²) < 4.78 is 4.67. The van der Waals surface area contributed by atoms with E-state index in [0.29, 0.717) is 11.3 Å². The predicted octanol–water partition coefficient (Wildman–Crippen LogP) is 2.36. The lowest BCUT2D eigenvalue weighted by atomic mass is 10.1. The Morgan fingerprint density at radius 2 is 1.90 bits per heavy atom. The number of amides is 1. The van der Waals surface area contributed by atoms with Crippen LogP contribution >= 0.6 is 0 Å². The zero-order valence-electron chi connectivity index (χ0n) is 11.9. The molecule has 2 rings (SSSR count). The lowest BCUT2D eigenvalue weighted by Crippen LogP contribution is -2.15. The van der Waals surface area contributed by atoms with Crippen LogP contribution in [0.25, 0.3) is 0 Å². The van der Waals surface area contributed by atoms with Crippen LogP contribution in [0.5, 0.6) is 0 Å². The number of rotatable bonds is 4. The first-order chi connectivity index (χ1) is 10.1. The number of nitrogens with one attached hydrogen (secondary N) is 1. The van der Waals surface area contributed by atoms with Crippen LogP contribution in [0.3, 0.4) is 0 Å². The van der Waals surface area contributed by atoms with Crippen molar-refractivity contribution >= 4 is 17.6 Å². The molecule has 108 valence electrons. The standard InChI is InChI=1S/C16H16N2O3/c1-11-3-4-13(16(20)21-2)10-14(11)18-15(19)9-12-5-7-17-8-6-12/h3-8,10H,9H2,1-2H3,(H,18,19). The van der Waals surface area contributed by atoms with Crippen molar-refractivity contribution in [1.29, 1.82) is 0 Å². The van der Waals surface area contributed by atoms with E-state index in [1.54, 1.807) is 42.7 Å². The van der Waals surface area contributed by atoms with Gasteiger partial charge in [0.1, 0.15) is 0 Å². The minimum Gasteiger partial charge on any atom is -0.465 e. The van der Waals surface area contributed by atoms with Crippen LogP contribution < -0.4 is 5.32 Å². The molecule has 1 heterocycles. The summed E-state index contributed by atoms with van der Waals surface area (Å²) in [5.41, 5.74) is 2.77. The van der Waals surface area contributed by atoms with Crippen molar-refractivity contribution in [3.8, 4) is 0 Å². The van der Waals surface area contributed by atoms with Crippen LogP contribution in [0.2, 0.25) is 0 Å². The fourth-order valence-electron chi connectivity index (χ4n) is 1.88. The van der Waals surface area contributed by atoms with Gasteiger partial charge in [0.2, 0.25) is 5.91 Å². The van der Waals surface area contributed by atoms with Gasteiger partial charge in [0.15, 0.2) is 0 Å². The van der Waals surface area contributed by atoms with Crippen molar-refractivity contribution in [2.24, 2.45) is 0 Å². The lowest BCUT2D eigenvalue weighted by Gasteiger charge is -2.10. The fraction of sp³-hybridized carbons (Fsp3) is 0.188. The number of anilines is 1. The number of hydrogen-bond donors (Lipinski definition) is 1. The fourth-order valence-corrected chi connectivity index (χ4v) is 1.88. The Morgan fingerprint density at radius 3 is 2.57 bits per heavy atom. The Hall–Kier alpha value is -2.69. The summed E-state index contributed by atoms with van der Waals surface area (Å²) in [7, 11) is 1.32. The molecule has 0 bridgehead atoms. The molecular formula is C16H16N2O3. The topological polar surface area (TPSA) is 68.3 Å². The molecule has 1 aromatic heterocycles. The van der Waals surface area contributed by atoms with E-state index in [2.05, 4.69) is 15.0 Å². The highest BCUT2D eigenvalue weighted by Crippen LogP contribution is 2.18. The van der Waals surface area contributed by atoms with E-state index in [9.17, 15) is 9.59 Å². The van der Waals surface area contributed by atoms with Gasteiger partial charge in [-0.15, -0.1) is 0 Å². The van der Waals surface area contributed by atoms with Gasteiger partial charge in [-0.2, -0.15) is 0 Å². The normalized spacial score (nSPS) is 10.0. The number of nitrogens with zero attached hydrogens (tertiary/aromatic N) is 1. The highest BCUT2D eigenvalue weighted by Gasteiger charge is 2.10. The second-order valence-corrected chi connectivity index (χ2v) is 4.60. The van der Waals surface area contributed by atoms with Crippen LogP contribution in [-0.2, 0) is 16.0 Å². The van der Waals surface area contributed by atoms with Gasteiger partial charge in [-0.3, -0.25) is 9.78 Å². The van der Waals surface area contributed by atoms with Gasteiger partial charge in [-0.25, -0.2) is 4.79 Å². The maximum atomic E-state index is 12.0. The summed E-state index contributed by atoms with van der Waals surface area (Å²) in [4.78, 5) is 27.5. The molecule has 0 aliphatic carbocycles. The number of esters is 1. The van der Waals surface area contributed by atoms with Crippen molar-refractivity contribution in [3.63, 3.8) is 0 Å². The zero-order valence-corrected chi connectivity index (χ0v) is 11.9. The molecule has 0 radical (unpaired) electrons. The number of methoxy groups -OCH3 is 1. The molecule has 5 heteroatoms. The highest BCUT2D eigenvalue weighted by atomic mass is 16.5. The van der Waals surface area contributed by atoms with Crippen LogP contribution in [0.4, 0.5) is 5.69 Å². The van der Waals surface area contributed by atoms with Crippen molar-refractivity contribution < 1.29 is 14.3 Å². The molecular weight excluding hydrogens is 268 g/mol. The highest BCUT2D eigenvalue weighted by molar-refractivity contribution is 5.96. The Kier molecular flexibility index (Phi) is 4.66. The first kappa shape index (κ1) is 14.7. The summed E-state index contributed by atoms with van der Waals surface area (Å²) in [5.74, 6) is -0.578.